The Morgan fingerprint density at radius 2 is 2.26 bits per heavy atom. The van der Waals surface area contributed by atoms with Crippen molar-refractivity contribution >= 4 is 5.91 Å². The predicted molar refractivity (Wildman–Crippen MR) is 67.2 cm³/mol. The molecule has 0 atom stereocenters. The number of aromatic nitrogens is 2. The lowest BCUT2D eigenvalue weighted by Gasteiger charge is -2.07. The molecule has 0 saturated carbocycles. The molecule has 1 heterocycles. The summed E-state index contributed by atoms with van der Waals surface area (Å²) in [5.41, 5.74) is 1.29. The molecule has 100 valence electrons. The van der Waals surface area contributed by atoms with Gasteiger partial charge in [0.1, 0.15) is 17.1 Å². The van der Waals surface area contributed by atoms with Gasteiger partial charge in [-0.15, -0.1) is 0 Å². The largest absolute Gasteiger partial charge is 0.507 e. The van der Waals surface area contributed by atoms with Crippen molar-refractivity contribution in [3.8, 4) is 5.75 Å². The monoisotopic (exact) mass is 263 g/mol. The lowest BCUT2D eigenvalue weighted by Crippen LogP contribution is -2.24. The summed E-state index contributed by atoms with van der Waals surface area (Å²) in [4.78, 5) is 11.8. The number of aryl methyl sites for hydroxylation is 2. The van der Waals surface area contributed by atoms with Gasteiger partial charge in [-0.3, -0.25) is 9.48 Å². The Bertz CT molecular complexity index is 602. The van der Waals surface area contributed by atoms with Crippen LogP contribution in [0.4, 0.5) is 4.39 Å². The third kappa shape index (κ3) is 2.73. The van der Waals surface area contributed by atoms with E-state index in [-0.39, 0.29) is 17.9 Å². The van der Waals surface area contributed by atoms with Crippen molar-refractivity contribution in [1.82, 2.24) is 15.1 Å². The van der Waals surface area contributed by atoms with Crippen molar-refractivity contribution in [2.24, 2.45) is 7.05 Å². The van der Waals surface area contributed by atoms with Crippen LogP contribution >= 0.6 is 0 Å². The zero-order valence-electron chi connectivity index (χ0n) is 10.6. The van der Waals surface area contributed by atoms with Gasteiger partial charge >= 0.3 is 0 Å². The van der Waals surface area contributed by atoms with Crippen LogP contribution in [0.1, 0.15) is 21.6 Å². The molecular weight excluding hydrogens is 249 g/mol. The number of hydrogen-bond acceptors (Lipinski definition) is 3. The van der Waals surface area contributed by atoms with E-state index in [4.69, 9.17) is 0 Å². The van der Waals surface area contributed by atoms with Crippen molar-refractivity contribution in [2.45, 2.75) is 13.5 Å². The van der Waals surface area contributed by atoms with Crippen LogP contribution in [0.3, 0.4) is 0 Å². The minimum Gasteiger partial charge on any atom is -0.507 e. The van der Waals surface area contributed by atoms with Gasteiger partial charge in [-0.2, -0.15) is 5.10 Å². The van der Waals surface area contributed by atoms with Gasteiger partial charge in [-0.05, 0) is 19.1 Å². The zero-order valence-corrected chi connectivity index (χ0v) is 10.6. The first-order valence-electron chi connectivity index (χ1n) is 5.74. The van der Waals surface area contributed by atoms with Crippen molar-refractivity contribution < 1.29 is 14.3 Å². The SMILES string of the molecule is Cc1nn(C)cc1CNC(=O)c1c(O)cccc1F. The van der Waals surface area contributed by atoms with Crippen LogP contribution in [0.15, 0.2) is 24.4 Å². The van der Waals surface area contributed by atoms with Crippen molar-refractivity contribution in [3.63, 3.8) is 0 Å². The molecule has 6 heteroatoms. The number of amides is 1. The van der Waals surface area contributed by atoms with E-state index >= 15 is 0 Å². The Morgan fingerprint density at radius 1 is 1.53 bits per heavy atom. The minimum atomic E-state index is -0.750. The molecule has 0 aliphatic rings. The second kappa shape index (κ2) is 5.09. The summed E-state index contributed by atoms with van der Waals surface area (Å²) in [5, 5.41) is 16.2. The minimum absolute atomic E-state index is 0.228. The van der Waals surface area contributed by atoms with Gasteiger partial charge in [0.05, 0.1) is 5.69 Å². The van der Waals surface area contributed by atoms with Gasteiger partial charge in [0.2, 0.25) is 0 Å². The highest BCUT2D eigenvalue weighted by Gasteiger charge is 2.16. The molecule has 1 aromatic heterocycles. The second-order valence-corrected chi connectivity index (χ2v) is 4.23. The number of benzene rings is 1. The number of carbonyl (C=O) groups is 1. The standard InChI is InChI=1S/C13H14FN3O2/c1-8-9(7-17(2)16-8)6-15-13(19)12-10(14)4-3-5-11(12)18/h3-5,7,18H,6H2,1-2H3,(H,15,19). The maximum absolute atomic E-state index is 13.5. The Balaban J connectivity index is 2.12. The first-order chi connectivity index (χ1) is 8.99. The van der Waals surface area contributed by atoms with E-state index in [1.807, 2.05) is 6.92 Å². The predicted octanol–water partition coefficient (Wildman–Crippen LogP) is 1.50. The third-order valence-corrected chi connectivity index (χ3v) is 2.77. The van der Waals surface area contributed by atoms with Crippen LogP contribution in [-0.2, 0) is 13.6 Å². The molecule has 2 N–H and O–H groups in total. The summed E-state index contributed by atoms with van der Waals surface area (Å²) < 4.78 is 15.1. The number of nitrogens with zero attached hydrogens (tertiary/aromatic N) is 2. The topological polar surface area (TPSA) is 67.2 Å². The van der Waals surface area contributed by atoms with Crippen LogP contribution in [0.25, 0.3) is 0 Å². The molecule has 1 aromatic carbocycles. The molecule has 5 nitrogen and oxygen atoms in total. The van der Waals surface area contributed by atoms with E-state index in [0.29, 0.717) is 0 Å². The van der Waals surface area contributed by atoms with E-state index in [1.54, 1.807) is 17.9 Å². The molecule has 2 rings (SSSR count). The van der Waals surface area contributed by atoms with Crippen LogP contribution in [0, 0.1) is 12.7 Å². The summed E-state index contributed by atoms with van der Waals surface area (Å²) in [6, 6.07) is 3.74. The summed E-state index contributed by atoms with van der Waals surface area (Å²) in [7, 11) is 1.78. The number of halogens is 1. The van der Waals surface area contributed by atoms with Gasteiger partial charge in [0.15, 0.2) is 0 Å². The van der Waals surface area contributed by atoms with E-state index < -0.39 is 11.7 Å². The van der Waals surface area contributed by atoms with Crippen LogP contribution < -0.4 is 5.32 Å². The number of phenols is 1. The number of nitrogens with one attached hydrogen (secondary N) is 1. The molecule has 0 unspecified atom stereocenters. The van der Waals surface area contributed by atoms with Gasteiger partial charge in [-0.25, -0.2) is 4.39 Å². The van der Waals surface area contributed by atoms with E-state index in [9.17, 15) is 14.3 Å². The highest BCUT2D eigenvalue weighted by atomic mass is 19.1. The second-order valence-electron chi connectivity index (χ2n) is 4.23. The van der Waals surface area contributed by atoms with Gasteiger partial charge in [0, 0.05) is 25.4 Å². The Hall–Kier alpha value is -2.37. The van der Waals surface area contributed by atoms with Crippen LogP contribution in [-0.4, -0.2) is 20.8 Å². The van der Waals surface area contributed by atoms with Crippen molar-refractivity contribution in [3.05, 3.63) is 47.0 Å². The molecular formula is C13H14FN3O2. The molecule has 0 aliphatic carbocycles. The van der Waals surface area contributed by atoms with Crippen LogP contribution in [0.5, 0.6) is 5.75 Å². The zero-order chi connectivity index (χ0) is 14.0. The lowest BCUT2D eigenvalue weighted by molar-refractivity contribution is 0.0944. The summed E-state index contributed by atoms with van der Waals surface area (Å²) in [6.07, 6.45) is 1.77. The molecule has 0 bridgehead atoms. The maximum atomic E-state index is 13.5. The van der Waals surface area contributed by atoms with Gasteiger partial charge < -0.3 is 10.4 Å². The van der Waals surface area contributed by atoms with Gasteiger partial charge in [0.25, 0.3) is 5.91 Å². The number of aromatic hydroxyl groups is 1. The lowest BCUT2D eigenvalue weighted by atomic mass is 10.1. The summed E-state index contributed by atoms with van der Waals surface area (Å²) in [5.74, 6) is -1.78. The fourth-order valence-corrected chi connectivity index (χ4v) is 1.82. The smallest absolute Gasteiger partial charge is 0.258 e. The Morgan fingerprint density at radius 3 is 2.84 bits per heavy atom. The highest BCUT2D eigenvalue weighted by Crippen LogP contribution is 2.19. The number of hydrogen-bond donors (Lipinski definition) is 2. The quantitative estimate of drug-likeness (QED) is 0.882. The molecule has 0 aliphatic heterocycles. The number of carbonyl (C=O) groups excluding carboxylic acids is 1. The molecule has 0 fully saturated rings. The average Bonchev–Trinajstić information content (AvgIpc) is 2.65. The molecule has 0 saturated heterocycles. The van der Waals surface area contributed by atoms with Gasteiger partial charge in [-0.1, -0.05) is 6.07 Å². The number of rotatable bonds is 3. The fraction of sp³-hybridized carbons (Fsp3) is 0.231. The van der Waals surface area contributed by atoms with E-state index in [0.717, 1.165) is 17.3 Å². The molecule has 19 heavy (non-hydrogen) atoms. The molecule has 1 amide bonds. The van der Waals surface area contributed by atoms with E-state index in [2.05, 4.69) is 10.4 Å². The van der Waals surface area contributed by atoms with Crippen molar-refractivity contribution in [1.29, 1.82) is 0 Å². The van der Waals surface area contributed by atoms with Crippen molar-refractivity contribution in [2.75, 3.05) is 0 Å². The van der Waals surface area contributed by atoms with E-state index in [1.165, 1.54) is 12.1 Å². The molecule has 0 radical (unpaired) electrons. The summed E-state index contributed by atoms with van der Waals surface area (Å²) >= 11 is 0. The summed E-state index contributed by atoms with van der Waals surface area (Å²) in [6.45, 7) is 2.05. The number of phenolic OH excluding ortho intramolecular Hbond substituents is 1. The first kappa shape index (κ1) is 13.1. The first-order valence-corrected chi connectivity index (χ1v) is 5.74. The fourth-order valence-electron chi connectivity index (χ4n) is 1.82. The molecule has 2 aromatic rings. The third-order valence-electron chi connectivity index (χ3n) is 2.77. The normalized spacial score (nSPS) is 10.5. The molecule has 0 spiro atoms. The Kier molecular flexibility index (Phi) is 3.50. The average molecular weight is 263 g/mol. The van der Waals surface area contributed by atoms with Crippen LogP contribution in [0.2, 0.25) is 0 Å². The Labute approximate surface area is 109 Å². The highest BCUT2D eigenvalue weighted by molar-refractivity contribution is 5.97. The maximum Gasteiger partial charge on any atom is 0.258 e.